The third-order valence-corrected chi connectivity index (χ3v) is 3.42. The van der Waals surface area contributed by atoms with E-state index in [1.807, 2.05) is 0 Å². The van der Waals surface area contributed by atoms with Crippen LogP contribution in [0, 0.1) is 0 Å². The first-order valence-electron chi connectivity index (χ1n) is 7.28. The van der Waals surface area contributed by atoms with Crippen molar-refractivity contribution in [2.45, 2.75) is 70.5 Å². The van der Waals surface area contributed by atoms with Crippen molar-refractivity contribution >= 4 is 11.9 Å². The summed E-state index contributed by atoms with van der Waals surface area (Å²) in [4.78, 5) is 22.3. The van der Waals surface area contributed by atoms with Gasteiger partial charge in [-0.1, -0.05) is 32.6 Å². The Morgan fingerprint density at radius 1 is 1.21 bits per heavy atom. The van der Waals surface area contributed by atoms with Crippen LogP contribution in [-0.2, 0) is 14.3 Å². The van der Waals surface area contributed by atoms with Gasteiger partial charge >= 0.3 is 5.97 Å². The maximum Gasteiger partial charge on any atom is 0.332 e. The first-order valence-corrected chi connectivity index (χ1v) is 7.28. The topological polar surface area (TPSA) is 75.6 Å². The SMILES string of the molecule is CCCCCCCC(=O)NCC1CCC(C(=O)O)O1. The Morgan fingerprint density at radius 2 is 1.95 bits per heavy atom. The number of unbranched alkanes of at least 4 members (excludes halogenated alkanes) is 4. The molecular weight excluding hydrogens is 246 g/mol. The van der Waals surface area contributed by atoms with Crippen LogP contribution in [0.1, 0.15) is 58.3 Å². The Balaban J connectivity index is 2.03. The summed E-state index contributed by atoms with van der Waals surface area (Å²) >= 11 is 0. The summed E-state index contributed by atoms with van der Waals surface area (Å²) in [7, 11) is 0. The lowest BCUT2D eigenvalue weighted by Gasteiger charge is -2.12. The lowest BCUT2D eigenvalue weighted by molar-refractivity contribution is -0.149. The number of rotatable bonds is 9. The minimum absolute atomic E-state index is 0.0406. The number of hydrogen-bond acceptors (Lipinski definition) is 3. The molecule has 0 aliphatic carbocycles. The molecule has 1 fully saturated rings. The van der Waals surface area contributed by atoms with Crippen LogP contribution in [0.5, 0.6) is 0 Å². The fourth-order valence-electron chi connectivity index (χ4n) is 2.24. The van der Waals surface area contributed by atoms with Crippen molar-refractivity contribution in [3.63, 3.8) is 0 Å². The van der Waals surface area contributed by atoms with Crippen LogP contribution in [0.15, 0.2) is 0 Å². The van der Waals surface area contributed by atoms with E-state index in [0.29, 0.717) is 25.8 Å². The molecule has 2 atom stereocenters. The van der Waals surface area contributed by atoms with Gasteiger partial charge in [-0.3, -0.25) is 4.79 Å². The monoisotopic (exact) mass is 271 g/mol. The minimum Gasteiger partial charge on any atom is -0.479 e. The van der Waals surface area contributed by atoms with Gasteiger partial charge in [0.25, 0.3) is 0 Å². The highest BCUT2D eigenvalue weighted by Crippen LogP contribution is 2.19. The third-order valence-electron chi connectivity index (χ3n) is 3.42. The van der Waals surface area contributed by atoms with Gasteiger partial charge in [0.1, 0.15) is 0 Å². The summed E-state index contributed by atoms with van der Waals surface area (Å²) in [5.41, 5.74) is 0. The highest BCUT2D eigenvalue weighted by molar-refractivity contribution is 5.76. The molecule has 5 nitrogen and oxygen atoms in total. The van der Waals surface area contributed by atoms with E-state index in [0.717, 1.165) is 12.8 Å². The van der Waals surface area contributed by atoms with Gasteiger partial charge in [-0.25, -0.2) is 4.79 Å². The Bertz CT molecular complexity index is 293. The molecule has 2 N–H and O–H groups in total. The molecule has 0 aromatic carbocycles. The number of carboxylic acid groups (broad SMARTS) is 1. The Labute approximate surface area is 114 Å². The predicted molar refractivity (Wildman–Crippen MR) is 71.9 cm³/mol. The summed E-state index contributed by atoms with van der Waals surface area (Å²) in [6, 6.07) is 0. The lowest BCUT2D eigenvalue weighted by atomic mass is 10.1. The van der Waals surface area contributed by atoms with Gasteiger partial charge in [0.15, 0.2) is 6.10 Å². The second-order valence-electron chi connectivity index (χ2n) is 5.13. The maximum absolute atomic E-state index is 11.6. The van der Waals surface area contributed by atoms with Gasteiger partial charge in [-0.2, -0.15) is 0 Å². The average Bonchev–Trinajstić information content (AvgIpc) is 2.85. The van der Waals surface area contributed by atoms with Crippen LogP contribution >= 0.6 is 0 Å². The highest BCUT2D eigenvalue weighted by Gasteiger charge is 2.30. The van der Waals surface area contributed by atoms with Crippen LogP contribution in [0.3, 0.4) is 0 Å². The molecule has 0 bridgehead atoms. The molecule has 0 radical (unpaired) electrons. The quantitative estimate of drug-likeness (QED) is 0.630. The van der Waals surface area contributed by atoms with Crippen molar-refractivity contribution in [2.24, 2.45) is 0 Å². The van der Waals surface area contributed by atoms with Crippen molar-refractivity contribution in [1.82, 2.24) is 5.32 Å². The van der Waals surface area contributed by atoms with E-state index >= 15 is 0 Å². The number of nitrogens with one attached hydrogen (secondary N) is 1. The van der Waals surface area contributed by atoms with Crippen molar-refractivity contribution in [3.05, 3.63) is 0 Å². The predicted octanol–water partition coefficient (Wildman–Crippen LogP) is 2.10. The highest BCUT2D eigenvalue weighted by atomic mass is 16.5. The van der Waals surface area contributed by atoms with E-state index in [4.69, 9.17) is 9.84 Å². The van der Waals surface area contributed by atoms with Gasteiger partial charge in [-0.15, -0.1) is 0 Å². The number of amides is 1. The van der Waals surface area contributed by atoms with E-state index in [-0.39, 0.29) is 12.0 Å². The summed E-state index contributed by atoms with van der Waals surface area (Å²) in [5, 5.41) is 11.6. The first kappa shape index (κ1) is 16.0. The number of aliphatic carboxylic acids is 1. The van der Waals surface area contributed by atoms with Gasteiger partial charge < -0.3 is 15.2 Å². The summed E-state index contributed by atoms with van der Waals surface area (Å²) < 4.78 is 5.32. The minimum atomic E-state index is -0.912. The molecule has 0 spiro atoms. The molecular formula is C14H25NO4. The van der Waals surface area contributed by atoms with E-state index in [1.54, 1.807) is 0 Å². The molecule has 1 aliphatic rings. The molecule has 0 aromatic rings. The number of hydrogen-bond donors (Lipinski definition) is 2. The number of carbonyl (C=O) groups is 2. The zero-order valence-corrected chi connectivity index (χ0v) is 11.7. The van der Waals surface area contributed by atoms with E-state index in [2.05, 4.69) is 12.2 Å². The largest absolute Gasteiger partial charge is 0.479 e. The summed E-state index contributed by atoms with van der Waals surface area (Å²) in [6.07, 6.45) is 6.59. The molecule has 5 heteroatoms. The molecule has 0 aromatic heterocycles. The van der Waals surface area contributed by atoms with E-state index in [1.165, 1.54) is 19.3 Å². The van der Waals surface area contributed by atoms with Gasteiger partial charge in [0.05, 0.1) is 6.10 Å². The third kappa shape index (κ3) is 6.57. The molecule has 110 valence electrons. The fourth-order valence-corrected chi connectivity index (χ4v) is 2.24. The Hall–Kier alpha value is -1.10. The van der Waals surface area contributed by atoms with Crippen molar-refractivity contribution < 1.29 is 19.4 Å². The molecule has 1 rings (SSSR count). The van der Waals surface area contributed by atoms with Crippen LogP contribution in [0.25, 0.3) is 0 Å². The van der Waals surface area contributed by atoms with Crippen molar-refractivity contribution in [2.75, 3.05) is 6.54 Å². The standard InChI is InChI=1S/C14H25NO4/c1-2-3-4-5-6-7-13(16)15-10-11-8-9-12(19-11)14(17)18/h11-12H,2-10H2,1H3,(H,15,16)(H,17,18). The lowest BCUT2D eigenvalue weighted by Crippen LogP contribution is -2.32. The van der Waals surface area contributed by atoms with Gasteiger partial charge in [0.2, 0.25) is 5.91 Å². The number of carbonyl (C=O) groups excluding carboxylic acids is 1. The van der Waals surface area contributed by atoms with Crippen LogP contribution in [0.4, 0.5) is 0 Å². The second-order valence-corrected chi connectivity index (χ2v) is 5.13. The Kier molecular flexibility index (Phi) is 7.48. The average molecular weight is 271 g/mol. The maximum atomic E-state index is 11.6. The smallest absolute Gasteiger partial charge is 0.332 e. The fraction of sp³-hybridized carbons (Fsp3) is 0.857. The normalized spacial score (nSPS) is 22.4. The molecule has 1 heterocycles. The molecule has 1 saturated heterocycles. The van der Waals surface area contributed by atoms with E-state index < -0.39 is 12.1 Å². The molecule has 0 saturated carbocycles. The number of carboxylic acids is 1. The summed E-state index contributed by atoms with van der Waals surface area (Å²) in [6.45, 7) is 2.59. The van der Waals surface area contributed by atoms with Crippen LogP contribution in [0.2, 0.25) is 0 Å². The van der Waals surface area contributed by atoms with Gasteiger partial charge in [-0.05, 0) is 19.3 Å². The van der Waals surface area contributed by atoms with Crippen molar-refractivity contribution in [1.29, 1.82) is 0 Å². The first-order chi connectivity index (χ1) is 9.13. The molecule has 2 unspecified atom stereocenters. The van der Waals surface area contributed by atoms with Crippen molar-refractivity contribution in [3.8, 4) is 0 Å². The van der Waals surface area contributed by atoms with Crippen LogP contribution < -0.4 is 5.32 Å². The van der Waals surface area contributed by atoms with Gasteiger partial charge in [0, 0.05) is 13.0 Å². The second kappa shape index (κ2) is 8.91. The zero-order valence-electron chi connectivity index (χ0n) is 11.7. The van der Waals surface area contributed by atoms with Crippen LogP contribution in [-0.4, -0.2) is 35.7 Å². The Morgan fingerprint density at radius 3 is 2.58 bits per heavy atom. The molecule has 1 amide bonds. The van der Waals surface area contributed by atoms with E-state index in [9.17, 15) is 9.59 Å². The molecule has 1 aliphatic heterocycles. The summed E-state index contributed by atoms with van der Waals surface area (Å²) in [5.74, 6) is -0.872. The molecule has 19 heavy (non-hydrogen) atoms. The number of ether oxygens (including phenoxy) is 1. The zero-order chi connectivity index (χ0) is 14.1.